The minimum absolute atomic E-state index is 0.0985. The molecular weight excluding hydrogens is 358 g/mol. The molecule has 2 aromatic rings. The van der Waals surface area contributed by atoms with Crippen LogP contribution in [0.5, 0.6) is 11.5 Å². The van der Waals surface area contributed by atoms with Crippen molar-refractivity contribution in [2.75, 3.05) is 19.8 Å². The Labute approximate surface area is 163 Å². The van der Waals surface area contributed by atoms with Crippen LogP contribution >= 0.6 is 0 Å². The molecule has 0 spiro atoms. The van der Waals surface area contributed by atoms with E-state index in [4.69, 9.17) is 9.47 Å². The third-order valence-corrected chi connectivity index (χ3v) is 4.94. The van der Waals surface area contributed by atoms with E-state index in [1.807, 2.05) is 37.3 Å². The first-order chi connectivity index (χ1) is 13.6. The third-order valence-electron chi connectivity index (χ3n) is 4.94. The second-order valence-corrected chi connectivity index (χ2v) is 6.76. The summed E-state index contributed by atoms with van der Waals surface area (Å²) in [5.41, 5.74) is 1.30. The number of carbonyl (C=O) groups excluding carboxylic acids is 2. The van der Waals surface area contributed by atoms with Gasteiger partial charge in [-0.2, -0.15) is 0 Å². The maximum atomic E-state index is 12.8. The predicted octanol–water partition coefficient (Wildman–Crippen LogP) is 3.29. The molecule has 2 aromatic carbocycles. The summed E-state index contributed by atoms with van der Waals surface area (Å²) >= 11 is 0. The number of Topliss-reactive ketones (excluding diaryl/α,β-unsaturated/α-hetero) is 1. The van der Waals surface area contributed by atoms with Crippen LogP contribution in [0.4, 0.5) is 0 Å². The van der Waals surface area contributed by atoms with Crippen molar-refractivity contribution in [2.45, 2.75) is 19.4 Å². The van der Waals surface area contributed by atoms with E-state index in [1.165, 1.54) is 4.90 Å². The van der Waals surface area contributed by atoms with Gasteiger partial charge in [0.05, 0.1) is 11.6 Å². The molecule has 1 unspecified atom stereocenters. The largest absolute Gasteiger partial charge is 0.507 e. The molecule has 1 atom stereocenters. The second kappa shape index (κ2) is 7.38. The number of benzene rings is 2. The number of likely N-dealkylation sites (tertiary alicyclic amines) is 1. The van der Waals surface area contributed by atoms with E-state index < -0.39 is 17.7 Å². The summed E-state index contributed by atoms with van der Waals surface area (Å²) in [7, 11) is 0. The molecule has 1 saturated heterocycles. The van der Waals surface area contributed by atoms with Gasteiger partial charge in [-0.3, -0.25) is 9.59 Å². The third kappa shape index (κ3) is 3.01. The molecule has 1 amide bonds. The quantitative estimate of drug-likeness (QED) is 0.501. The average Bonchev–Trinajstić information content (AvgIpc) is 2.99. The van der Waals surface area contributed by atoms with Crippen LogP contribution in [0.15, 0.2) is 54.1 Å². The maximum Gasteiger partial charge on any atom is 0.295 e. The van der Waals surface area contributed by atoms with Crippen LogP contribution in [0.25, 0.3) is 5.76 Å². The Hall–Kier alpha value is -3.28. The van der Waals surface area contributed by atoms with Crippen LogP contribution in [0, 0.1) is 0 Å². The number of amides is 1. The predicted molar refractivity (Wildman–Crippen MR) is 103 cm³/mol. The summed E-state index contributed by atoms with van der Waals surface area (Å²) in [5.74, 6) is -0.365. The highest BCUT2D eigenvalue weighted by Gasteiger charge is 2.45. The molecule has 6 heteroatoms. The van der Waals surface area contributed by atoms with E-state index in [-0.39, 0.29) is 11.3 Å². The number of rotatable bonds is 4. The van der Waals surface area contributed by atoms with Crippen molar-refractivity contribution in [2.24, 2.45) is 0 Å². The Morgan fingerprint density at radius 2 is 1.79 bits per heavy atom. The number of ketones is 1. The summed E-state index contributed by atoms with van der Waals surface area (Å²) < 4.78 is 11.1. The lowest BCUT2D eigenvalue weighted by molar-refractivity contribution is -0.139. The first-order valence-corrected chi connectivity index (χ1v) is 9.35. The lowest BCUT2D eigenvalue weighted by atomic mass is 9.95. The van der Waals surface area contributed by atoms with Gasteiger partial charge in [-0.05, 0) is 30.2 Å². The zero-order valence-corrected chi connectivity index (χ0v) is 15.6. The van der Waals surface area contributed by atoms with Crippen LogP contribution in [0.2, 0.25) is 0 Å². The molecule has 6 nitrogen and oxygen atoms in total. The van der Waals surface area contributed by atoms with Gasteiger partial charge in [0.15, 0.2) is 11.5 Å². The highest BCUT2D eigenvalue weighted by molar-refractivity contribution is 6.46. The van der Waals surface area contributed by atoms with Crippen molar-refractivity contribution in [1.82, 2.24) is 4.90 Å². The molecule has 0 saturated carbocycles. The zero-order chi connectivity index (χ0) is 19.7. The Morgan fingerprint density at radius 1 is 1.07 bits per heavy atom. The lowest BCUT2D eigenvalue weighted by Gasteiger charge is -2.25. The molecular formula is C22H21NO5. The summed E-state index contributed by atoms with van der Waals surface area (Å²) in [6.07, 6.45) is 0.709. The van der Waals surface area contributed by atoms with Crippen LogP contribution in [0.3, 0.4) is 0 Å². The van der Waals surface area contributed by atoms with Gasteiger partial charge in [0.2, 0.25) is 0 Å². The minimum atomic E-state index is -0.672. The molecule has 1 fully saturated rings. The molecule has 2 aliphatic rings. The molecule has 1 N–H and O–H groups in total. The van der Waals surface area contributed by atoms with Crippen molar-refractivity contribution in [3.8, 4) is 11.5 Å². The van der Waals surface area contributed by atoms with Crippen LogP contribution in [-0.2, 0) is 9.59 Å². The minimum Gasteiger partial charge on any atom is -0.507 e. The molecule has 0 bridgehead atoms. The lowest BCUT2D eigenvalue weighted by Crippen LogP contribution is -2.30. The normalized spacial score (nSPS) is 20.5. The van der Waals surface area contributed by atoms with Crippen LogP contribution in [0.1, 0.15) is 30.5 Å². The van der Waals surface area contributed by atoms with Crippen molar-refractivity contribution < 1.29 is 24.2 Å². The number of ether oxygens (including phenoxy) is 2. The van der Waals surface area contributed by atoms with Gasteiger partial charge in [0, 0.05) is 12.1 Å². The Balaban J connectivity index is 1.84. The van der Waals surface area contributed by atoms with E-state index in [9.17, 15) is 14.7 Å². The van der Waals surface area contributed by atoms with E-state index in [0.29, 0.717) is 43.2 Å². The number of aliphatic hydroxyl groups excluding tert-OH is 1. The van der Waals surface area contributed by atoms with E-state index in [0.717, 1.165) is 5.56 Å². The van der Waals surface area contributed by atoms with Gasteiger partial charge in [-0.25, -0.2) is 0 Å². The van der Waals surface area contributed by atoms with Crippen LogP contribution in [-0.4, -0.2) is 41.5 Å². The van der Waals surface area contributed by atoms with Gasteiger partial charge in [-0.1, -0.05) is 37.3 Å². The summed E-state index contributed by atoms with van der Waals surface area (Å²) in [6.45, 7) is 3.26. The SMILES string of the molecule is CCCN1C(=O)C(=O)/C(=C(\O)c2ccc3c(c2)OCCO3)C1c1ccccc1. The van der Waals surface area contributed by atoms with Gasteiger partial charge in [0.25, 0.3) is 11.7 Å². The summed E-state index contributed by atoms with van der Waals surface area (Å²) in [4.78, 5) is 27.0. The number of fused-ring (bicyclic) bond motifs is 1. The van der Waals surface area contributed by atoms with Gasteiger partial charge >= 0.3 is 0 Å². The van der Waals surface area contributed by atoms with Gasteiger partial charge < -0.3 is 19.5 Å². The topological polar surface area (TPSA) is 76.1 Å². The van der Waals surface area contributed by atoms with Crippen molar-refractivity contribution in [3.63, 3.8) is 0 Å². The van der Waals surface area contributed by atoms with E-state index in [2.05, 4.69) is 0 Å². The average molecular weight is 379 g/mol. The standard InChI is InChI=1S/C22H21NO5/c1-2-10-23-19(14-6-4-3-5-7-14)18(21(25)22(23)26)20(24)15-8-9-16-17(13-15)28-12-11-27-16/h3-9,13,19,24H,2,10-12H2,1H3/b20-18-. The number of hydrogen-bond donors (Lipinski definition) is 1. The zero-order valence-electron chi connectivity index (χ0n) is 15.6. The highest BCUT2D eigenvalue weighted by Crippen LogP contribution is 2.40. The summed E-state index contributed by atoms with van der Waals surface area (Å²) in [5, 5.41) is 11.0. The van der Waals surface area contributed by atoms with Crippen molar-refractivity contribution >= 4 is 17.4 Å². The van der Waals surface area contributed by atoms with E-state index >= 15 is 0 Å². The number of carbonyl (C=O) groups is 2. The molecule has 2 aliphatic heterocycles. The molecule has 144 valence electrons. The summed E-state index contributed by atoms with van der Waals surface area (Å²) in [6, 6.07) is 13.7. The molecule has 4 rings (SSSR count). The van der Waals surface area contributed by atoms with Crippen LogP contribution < -0.4 is 9.47 Å². The monoisotopic (exact) mass is 379 g/mol. The number of nitrogens with zero attached hydrogens (tertiary/aromatic N) is 1. The second-order valence-electron chi connectivity index (χ2n) is 6.76. The van der Waals surface area contributed by atoms with Gasteiger partial charge in [0.1, 0.15) is 19.0 Å². The molecule has 0 aliphatic carbocycles. The fraction of sp³-hybridized carbons (Fsp3) is 0.273. The maximum absolute atomic E-state index is 12.8. The number of hydrogen-bond acceptors (Lipinski definition) is 5. The Bertz CT molecular complexity index is 951. The smallest absolute Gasteiger partial charge is 0.295 e. The molecule has 0 aromatic heterocycles. The fourth-order valence-electron chi connectivity index (χ4n) is 3.68. The van der Waals surface area contributed by atoms with Gasteiger partial charge in [-0.15, -0.1) is 0 Å². The van der Waals surface area contributed by atoms with Crippen molar-refractivity contribution in [3.05, 3.63) is 65.2 Å². The Kier molecular flexibility index (Phi) is 4.77. The first-order valence-electron chi connectivity index (χ1n) is 9.35. The molecule has 2 heterocycles. The fourth-order valence-corrected chi connectivity index (χ4v) is 3.68. The number of aliphatic hydroxyl groups is 1. The highest BCUT2D eigenvalue weighted by atomic mass is 16.6. The van der Waals surface area contributed by atoms with Crippen molar-refractivity contribution in [1.29, 1.82) is 0 Å². The molecule has 0 radical (unpaired) electrons. The molecule has 28 heavy (non-hydrogen) atoms. The Morgan fingerprint density at radius 3 is 2.50 bits per heavy atom. The van der Waals surface area contributed by atoms with E-state index in [1.54, 1.807) is 18.2 Å². The first kappa shape index (κ1) is 18.1.